The van der Waals surface area contributed by atoms with Gasteiger partial charge in [-0.05, 0) is 30.8 Å². The van der Waals surface area contributed by atoms with Crippen molar-refractivity contribution in [2.75, 3.05) is 26.2 Å². The first kappa shape index (κ1) is 12.3. The monoisotopic (exact) mass is 214 g/mol. The van der Waals surface area contributed by atoms with Crippen LogP contribution in [0.2, 0.25) is 0 Å². The van der Waals surface area contributed by atoms with Gasteiger partial charge in [0.1, 0.15) is 0 Å². The second-order valence-electron chi connectivity index (χ2n) is 5.58. The Hall–Kier alpha value is -0.770. The molecule has 1 amide bonds. The molecule has 2 N–H and O–H groups in total. The topological polar surface area (TPSA) is 52.6 Å². The molecule has 1 fully saturated rings. The molecule has 0 radical (unpaired) electrons. The Kier molecular flexibility index (Phi) is 3.97. The second-order valence-corrected chi connectivity index (χ2v) is 5.58. The van der Waals surface area contributed by atoms with Gasteiger partial charge in [0.2, 0.25) is 0 Å². The van der Waals surface area contributed by atoms with Crippen LogP contribution in [0, 0.1) is 11.3 Å². The van der Waals surface area contributed by atoms with Crippen LogP contribution in [-0.2, 0) is 0 Å². The van der Waals surface area contributed by atoms with Gasteiger partial charge in [0, 0.05) is 13.1 Å². The first-order chi connectivity index (χ1) is 6.88. The molecule has 15 heavy (non-hydrogen) atoms. The number of amides is 1. The molecule has 4 heteroatoms. The summed E-state index contributed by atoms with van der Waals surface area (Å²) in [4.78, 5) is 12.6. The van der Waals surface area contributed by atoms with Crippen molar-refractivity contribution in [2.45, 2.75) is 27.2 Å². The predicted molar refractivity (Wildman–Crippen MR) is 60.0 cm³/mol. The molecule has 4 nitrogen and oxygen atoms in total. The third kappa shape index (κ3) is 4.51. The normalized spacial score (nSPS) is 21.7. The molecular formula is C11H22N2O2. The fourth-order valence-corrected chi connectivity index (χ4v) is 1.96. The van der Waals surface area contributed by atoms with Gasteiger partial charge in [-0.25, -0.2) is 4.79 Å². The van der Waals surface area contributed by atoms with Crippen LogP contribution in [0.1, 0.15) is 27.2 Å². The third-order valence-electron chi connectivity index (χ3n) is 2.58. The van der Waals surface area contributed by atoms with E-state index in [2.05, 4.69) is 26.1 Å². The smallest absolute Gasteiger partial charge is 0.407 e. The minimum Gasteiger partial charge on any atom is -0.465 e. The molecule has 0 unspecified atom stereocenters. The molecule has 1 saturated heterocycles. The number of nitrogens with zero attached hydrogens (tertiary/aromatic N) is 1. The Morgan fingerprint density at radius 2 is 2.20 bits per heavy atom. The number of carbonyl (C=O) groups is 1. The zero-order valence-electron chi connectivity index (χ0n) is 9.92. The van der Waals surface area contributed by atoms with E-state index in [-0.39, 0.29) is 5.41 Å². The van der Waals surface area contributed by atoms with Crippen molar-refractivity contribution in [3.8, 4) is 0 Å². The Balaban J connectivity index is 2.46. The summed E-state index contributed by atoms with van der Waals surface area (Å²) in [5, 5.41) is 12.4. The van der Waals surface area contributed by atoms with E-state index in [9.17, 15) is 4.79 Å². The summed E-state index contributed by atoms with van der Waals surface area (Å²) in [5.74, 6) is 0.489. The minimum absolute atomic E-state index is 0.0322. The zero-order chi connectivity index (χ0) is 11.5. The number of hydrogen-bond acceptors (Lipinski definition) is 2. The molecule has 1 aliphatic heterocycles. The van der Waals surface area contributed by atoms with Gasteiger partial charge in [0.05, 0.1) is 0 Å². The lowest BCUT2D eigenvalue weighted by Gasteiger charge is -2.29. The Morgan fingerprint density at radius 3 is 2.60 bits per heavy atom. The molecule has 0 spiro atoms. The highest BCUT2D eigenvalue weighted by Crippen LogP contribution is 2.18. The van der Waals surface area contributed by atoms with E-state index >= 15 is 0 Å². The molecule has 1 heterocycles. The zero-order valence-corrected chi connectivity index (χ0v) is 9.92. The van der Waals surface area contributed by atoms with Crippen LogP contribution < -0.4 is 5.32 Å². The minimum atomic E-state index is -0.795. The van der Waals surface area contributed by atoms with Gasteiger partial charge < -0.3 is 15.3 Å². The summed E-state index contributed by atoms with van der Waals surface area (Å²) in [6.45, 7) is 9.45. The van der Waals surface area contributed by atoms with Crippen LogP contribution in [0.5, 0.6) is 0 Å². The lowest BCUT2D eigenvalue weighted by atomic mass is 9.95. The molecule has 0 aromatic heterocycles. The maximum atomic E-state index is 11.1. The second kappa shape index (κ2) is 4.84. The Bertz CT molecular complexity index is 217. The molecule has 1 atom stereocenters. The van der Waals surface area contributed by atoms with Crippen molar-refractivity contribution in [1.82, 2.24) is 10.2 Å². The standard InChI is InChI=1S/C11H22N2O2/c1-11(2,3)8-13(10(14)15)7-9-4-5-12-6-9/h9,12H,4-8H2,1-3H3,(H,14,15)/t9-/m1/s1. The average Bonchev–Trinajstić information content (AvgIpc) is 2.52. The van der Waals surface area contributed by atoms with Crippen LogP contribution in [-0.4, -0.2) is 42.3 Å². The van der Waals surface area contributed by atoms with E-state index in [0.29, 0.717) is 19.0 Å². The maximum Gasteiger partial charge on any atom is 0.407 e. The van der Waals surface area contributed by atoms with Gasteiger partial charge >= 0.3 is 6.09 Å². The van der Waals surface area contributed by atoms with Crippen molar-refractivity contribution >= 4 is 6.09 Å². The van der Waals surface area contributed by atoms with Crippen molar-refractivity contribution in [3.63, 3.8) is 0 Å². The highest BCUT2D eigenvalue weighted by Gasteiger charge is 2.24. The molecule has 0 aliphatic carbocycles. The molecule has 88 valence electrons. The highest BCUT2D eigenvalue weighted by molar-refractivity contribution is 5.65. The van der Waals surface area contributed by atoms with Crippen molar-refractivity contribution in [3.05, 3.63) is 0 Å². The highest BCUT2D eigenvalue weighted by atomic mass is 16.4. The van der Waals surface area contributed by atoms with E-state index in [0.717, 1.165) is 19.5 Å². The van der Waals surface area contributed by atoms with E-state index in [1.165, 1.54) is 0 Å². The summed E-state index contributed by atoms with van der Waals surface area (Å²) in [6, 6.07) is 0. The fourth-order valence-electron chi connectivity index (χ4n) is 1.96. The quantitative estimate of drug-likeness (QED) is 0.750. The number of hydrogen-bond donors (Lipinski definition) is 2. The molecule has 1 aliphatic rings. The summed E-state index contributed by atoms with van der Waals surface area (Å²) < 4.78 is 0. The van der Waals surface area contributed by atoms with Crippen LogP contribution in [0.4, 0.5) is 4.79 Å². The number of rotatable bonds is 3. The van der Waals surface area contributed by atoms with Crippen LogP contribution in [0.15, 0.2) is 0 Å². The van der Waals surface area contributed by atoms with Crippen LogP contribution >= 0.6 is 0 Å². The van der Waals surface area contributed by atoms with Crippen molar-refractivity contribution in [2.24, 2.45) is 11.3 Å². The number of carboxylic acid groups (broad SMARTS) is 1. The lowest BCUT2D eigenvalue weighted by Crippen LogP contribution is -2.40. The summed E-state index contributed by atoms with van der Waals surface area (Å²) in [5.41, 5.74) is 0.0322. The molecule has 0 aromatic carbocycles. The Labute approximate surface area is 91.6 Å². The van der Waals surface area contributed by atoms with E-state index in [4.69, 9.17) is 5.11 Å². The van der Waals surface area contributed by atoms with Gasteiger partial charge in [-0.3, -0.25) is 0 Å². The molecule has 1 rings (SSSR count). The van der Waals surface area contributed by atoms with Crippen LogP contribution in [0.25, 0.3) is 0 Å². The third-order valence-corrected chi connectivity index (χ3v) is 2.58. The predicted octanol–water partition coefficient (Wildman–Crippen LogP) is 1.62. The summed E-state index contributed by atoms with van der Waals surface area (Å²) in [7, 11) is 0. The first-order valence-electron chi connectivity index (χ1n) is 5.57. The van der Waals surface area contributed by atoms with E-state index in [1.54, 1.807) is 4.90 Å². The molecule has 0 aromatic rings. The van der Waals surface area contributed by atoms with Gasteiger partial charge in [-0.2, -0.15) is 0 Å². The fraction of sp³-hybridized carbons (Fsp3) is 0.909. The van der Waals surface area contributed by atoms with Crippen molar-refractivity contribution in [1.29, 1.82) is 0 Å². The summed E-state index contributed by atoms with van der Waals surface area (Å²) in [6.07, 6.45) is 0.297. The largest absolute Gasteiger partial charge is 0.465 e. The van der Waals surface area contributed by atoms with Gasteiger partial charge in [0.15, 0.2) is 0 Å². The lowest BCUT2D eigenvalue weighted by molar-refractivity contribution is 0.118. The van der Waals surface area contributed by atoms with Gasteiger partial charge in [-0.15, -0.1) is 0 Å². The molecule has 0 bridgehead atoms. The van der Waals surface area contributed by atoms with Gasteiger partial charge in [-0.1, -0.05) is 20.8 Å². The van der Waals surface area contributed by atoms with Crippen molar-refractivity contribution < 1.29 is 9.90 Å². The first-order valence-corrected chi connectivity index (χ1v) is 5.57. The SMILES string of the molecule is CC(C)(C)CN(C[C@@H]1CCNC1)C(=O)O. The Morgan fingerprint density at radius 1 is 1.53 bits per heavy atom. The molecular weight excluding hydrogens is 192 g/mol. The summed E-state index contributed by atoms with van der Waals surface area (Å²) >= 11 is 0. The van der Waals surface area contributed by atoms with Crippen LogP contribution in [0.3, 0.4) is 0 Å². The maximum absolute atomic E-state index is 11.1. The van der Waals surface area contributed by atoms with E-state index in [1.807, 2.05) is 0 Å². The number of nitrogens with one attached hydrogen (secondary N) is 1. The van der Waals surface area contributed by atoms with E-state index < -0.39 is 6.09 Å². The van der Waals surface area contributed by atoms with Gasteiger partial charge in [0.25, 0.3) is 0 Å². The molecule has 0 saturated carbocycles. The average molecular weight is 214 g/mol.